The second-order valence-electron chi connectivity index (χ2n) is 4.35. The number of anilines is 1. The van der Waals surface area contributed by atoms with E-state index >= 15 is 0 Å². The number of halogens is 1. The highest BCUT2D eigenvalue weighted by molar-refractivity contribution is 9.10. The van der Waals surface area contributed by atoms with Crippen molar-refractivity contribution in [3.63, 3.8) is 0 Å². The summed E-state index contributed by atoms with van der Waals surface area (Å²) in [7, 11) is 0. The van der Waals surface area contributed by atoms with Gasteiger partial charge in [-0.15, -0.1) is 0 Å². The van der Waals surface area contributed by atoms with E-state index in [1.165, 1.54) is 11.3 Å². The fourth-order valence-corrected chi connectivity index (χ4v) is 3.53. The first-order chi connectivity index (χ1) is 9.26. The van der Waals surface area contributed by atoms with Crippen molar-refractivity contribution >= 4 is 33.6 Å². The highest BCUT2D eigenvalue weighted by Crippen LogP contribution is 2.37. The lowest BCUT2D eigenvalue weighted by Gasteiger charge is -2.17. The van der Waals surface area contributed by atoms with Crippen molar-refractivity contribution in [2.24, 2.45) is 0 Å². The van der Waals surface area contributed by atoms with Crippen molar-refractivity contribution in [1.82, 2.24) is 0 Å². The molecule has 94 valence electrons. The van der Waals surface area contributed by atoms with Crippen LogP contribution in [-0.4, -0.2) is 6.54 Å². The van der Waals surface area contributed by atoms with Crippen LogP contribution in [0.4, 0.5) is 5.69 Å². The van der Waals surface area contributed by atoms with Crippen LogP contribution < -0.4 is 4.31 Å². The molecule has 2 aromatic carbocycles. The second-order valence-corrected chi connectivity index (χ2v) is 6.36. The average molecular weight is 331 g/mol. The third kappa shape index (κ3) is 2.63. The molecular formula is C15H11BrN2S. The van der Waals surface area contributed by atoms with Crippen LogP contribution in [0.1, 0.15) is 11.1 Å². The van der Waals surface area contributed by atoms with Crippen LogP contribution in [0.5, 0.6) is 0 Å². The van der Waals surface area contributed by atoms with Crippen molar-refractivity contribution in [1.29, 1.82) is 5.26 Å². The summed E-state index contributed by atoms with van der Waals surface area (Å²) in [5.74, 6) is 0. The normalized spacial score (nSPS) is 13.2. The standard InChI is InChI=1S/C15H11BrN2S/c16-13-3-6-15-12(9-13)7-8-18(15)19-14-4-1-11(10-17)2-5-14/h1-6,9H,7-8H2. The molecule has 0 aromatic heterocycles. The summed E-state index contributed by atoms with van der Waals surface area (Å²) in [6.45, 7) is 1.02. The summed E-state index contributed by atoms with van der Waals surface area (Å²) < 4.78 is 3.44. The lowest BCUT2D eigenvalue weighted by Crippen LogP contribution is -2.09. The summed E-state index contributed by atoms with van der Waals surface area (Å²) >= 11 is 5.24. The molecule has 2 aromatic rings. The Morgan fingerprint density at radius 3 is 2.68 bits per heavy atom. The summed E-state index contributed by atoms with van der Waals surface area (Å²) in [5, 5.41) is 8.80. The lowest BCUT2D eigenvalue weighted by molar-refractivity contribution is 1.05. The van der Waals surface area contributed by atoms with Crippen LogP contribution >= 0.6 is 27.9 Å². The Morgan fingerprint density at radius 1 is 1.16 bits per heavy atom. The van der Waals surface area contributed by atoms with E-state index in [1.54, 1.807) is 11.9 Å². The van der Waals surface area contributed by atoms with Gasteiger partial charge in [0, 0.05) is 15.9 Å². The number of hydrogen-bond acceptors (Lipinski definition) is 3. The van der Waals surface area contributed by atoms with Gasteiger partial charge in [-0.1, -0.05) is 15.9 Å². The number of fused-ring (bicyclic) bond motifs is 1. The molecule has 4 heteroatoms. The predicted octanol–water partition coefficient (Wildman–Crippen LogP) is 4.39. The van der Waals surface area contributed by atoms with Gasteiger partial charge in [-0.2, -0.15) is 5.26 Å². The monoisotopic (exact) mass is 330 g/mol. The van der Waals surface area contributed by atoms with Gasteiger partial charge in [0.2, 0.25) is 0 Å². The van der Waals surface area contributed by atoms with Crippen LogP contribution in [0.15, 0.2) is 51.8 Å². The van der Waals surface area contributed by atoms with E-state index in [4.69, 9.17) is 5.26 Å². The van der Waals surface area contributed by atoms with Gasteiger partial charge in [0.1, 0.15) is 0 Å². The molecule has 0 unspecified atom stereocenters. The predicted molar refractivity (Wildman–Crippen MR) is 82.2 cm³/mol. The highest BCUT2D eigenvalue weighted by Gasteiger charge is 2.20. The molecule has 0 amide bonds. The van der Waals surface area contributed by atoms with Gasteiger partial charge in [-0.05, 0) is 66.4 Å². The second kappa shape index (κ2) is 5.28. The highest BCUT2D eigenvalue weighted by atomic mass is 79.9. The molecule has 0 saturated carbocycles. The number of nitrogens with zero attached hydrogens (tertiary/aromatic N) is 2. The first-order valence-corrected chi connectivity index (χ1v) is 7.57. The fourth-order valence-electron chi connectivity index (χ4n) is 2.15. The zero-order valence-electron chi connectivity index (χ0n) is 10.1. The van der Waals surface area contributed by atoms with Gasteiger partial charge in [-0.25, -0.2) is 0 Å². The van der Waals surface area contributed by atoms with Gasteiger partial charge in [0.15, 0.2) is 0 Å². The first kappa shape index (κ1) is 12.6. The molecule has 0 atom stereocenters. The van der Waals surface area contributed by atoms with Crippen molar-refractivity contribution < 1.29 is 0 Å². The molecule has 0 radical (unpaired) electrons. The zero-order valence-corrected chi connectivity index (χ0v) is 12.5. The maximum absolute atomic E-state index is 8.80. The van der Waals surface area contributed by atoms with E-state index in [0.29, 0.717) is 5.56 Å². The maximum Gasteiger partial charge on any atom is 0.0991 e. The minimum absolute atomic E-state index is 0.704. The van der Waals surface area contributed by atoms with Crippen molar-refractivity contribution in [3.05, 3.63) is 58.1 Å². The van der Waals surface area contributed by atoms with Crippen LogP contribution in [-0.2, 0) is 6.42 Å². The van der Waals surface area contributed by atoms with Crippen LogP contribution in [0, 0.1) is 11.3 Å². The Morgan fingerprint density at radius 2 is 1.95 bits per heavy atom. The van der Waals surface area contributed by atoms with Gasteiger partial charge in [0.05, 0.1) is 17.3 Å². The third-order valence-electron chi connectivity index (χ3n) is 3.09. The molecule has 0 bridgehead atoms. The molecule has 3 rings (SSSR count). The molecular weight excluding hydrogens is 320 g/mol. The summed E-state index contributed by atoms with van der Waals surface area (Å²) in [6.07, 6.45) is 1.08. The molecule has 0 fully saturated rings. The topological polar surface area (TPSA) is 27.0 Å². The van der Waals surface area contributed by atoms with Gasteiger partial charge in [0.25, 0.3) is 0 Å². The number of rotatable bonds is 2. The molecule has 0 N–H and O–H groups in total. The Balaban J connectivity index is 1.80. The minimum atomic E-state index is 0.704. The first-order valence-electron chi connectivity index (χ1n) is 6.00. The van der Waals surface area contributed by atoms with Gasteiger partial charge < -0.3 is 4.31 Å². The molecule has 1 heterocycles. The Bertz CT molecular complexity index is 646. The quantitative estimate of drug-likeness (QED) is 0.764. The third-order valence-corrected chi connectivity index (χ3v) is 4.67. The smallest absolute Gasteiger partial charge is 0.0991 e. The summed E-state index contributed by atoms with van der Waals surface area (Å²) in [6, 6.07) is 16.3. The molecule has 0 saturated heterocycles. The Kier molecular flexibility index (Phi) is 3.50. The molecule has 19 heavy (non-hydrogen) atoms. The van der Waals surface area contributed by atoms with Crippen molar-refractivity contribution in [2.75, 3.05) is 10.8 Å². The molecule has 0 aliphatic carbocycles. The van der Waals surface area contributed by atoms with Gasteiger partial charge >= 0.3 is 0 Å². The van der Waals surface area contributed by atoms with E-state index in [0.717, 1.165) is 22.3 Å². The number of benzene rings is 2. The van der Waals surface area contributed by atoms with Crippen molar-refractivity contribution in [2.45, 2.75) is 11.3 Å². The van der Waals surface area contributed by atoms with E-state index in [9.17, 15) is 0 Å². The van der Waals surface area contributed by atoms with Crippen LogP contribution in [0.3, 0.4) is 0 Å². The molecule has 1 aliphatic heterocycles. The van der Waals surface area contributed by atoms with Crippen molar-refractivity contribution in [3.8, 4) is 6.07 Å². The molecule has 1 aliphatic rings. The number of nitriles is 1. The Hall–Kier alpha value is -1.44. The van der Waals surface area contributed by atoms with Gasteiger partial charge in [-0.3, -0.25) is 0 Å². The minimum Gasteiger partial charge on any atom is -0.312 e. The lowest BCUT2D eigenvalue weighted by atomic mass is 10.2. The largest absolute Gasteiger partial charge is 0.312 e. The zero-order chi connectivity index (χ0) is 13.2. The SMILES string of the molecule is N#Cc1ccc(SN2CCc3cc(Br)ccc32)cc1. The maximum atomic E-state index is 8.80. The Labute approximate surface area is 125 Å². The molecule has 2 nitrogen and oxygen atoms in total. The molecule has 0 spiro atoms. The summed E-state index contributed by atoms with van der Waals surface area (Å²) in [4.78, 5) is 1.16. The van der Waals surface area contributed by atoms with E-state index < -0.39 is 0 Å². The summed E-state index contributed by atoms with van der Waals surface area (Å²) in [5.41, 5.74) is 3.38. The van der Waals surface area contributed by atoms with Crippen LogP contribution in [0.2, 0.25) is 0 Å². The van der Waals surface area contributed by atoms with E-state index in [-0.39, 0.29) is 0 Å². The average Bonchev–Trinajstić information content (AvgIpc) is 2.82. The van der Waals surface area contributed by atoms with E-state index in [1.807, 2.05) is 24.3 Å². The van der Waals surface area contributed by atoms with Crippen LogP contribution in [0.25, 0.3) is 0 Å². The van der Waals surface area contributed by atoms with E-state index in [2.05, 4.69) is 44.5 Å². The number of hydrogen-bond donors (Lipinski definition) is 0. The fraction of sp³-hybridized carbons (Fsp3) is 0.133.